The van der Waals surface area contributed by atoms with Gasteiger partial charge in [-0.3, -0.25) is 0 Å². The molecule has 0 atom stereocenters. The van der Waals surface area contributed by atoms with Gasteiger partial charge in [0.15, 0.2) is 5.82 Å². The number of nitrogens with zero attached hydrogens (tertiary/aromatic N) is 2. The van der Waals surface area contributed by atoms with Gasteiger partial charge >= 0.3 is 0 Å². The molecule has 1 N–H and O–H groups in total. The number of rotatable bonds is 4. The Labute approximate surface area is 128 Å². The first kappa shape index (κ1) is 14.2. The van der Waals surface area contributed by atoms with Crippen LogP contribution in [-0.2, 0) is 0 Å². The standard InChI is InChI=1S/C15H18IN3/c1-4-17-15-13(16)9-18-14(19-15)12-7-5-11(6-8-12)10(2)3/h5-10H,4H2,1-3H3,(H,17,18,19). The topological polar surface area (TPSA) is 37.8 Å². The first-order valence-corrected chi connectivity index (χ1v) is 7.56. The molecule has 0 spiro atoms. The predicted octanol–water partition coefficient (Wildman–Crippen LogP) is 4.30. The minimum atomic E-state index is 0.545. The monoisotopic (exact) mass is 367 g/mol. The van der Waals surface area contributed by atoms with Crippen LogP contribution in [0.15, 0.2) is 30.5 Å². The Kier molecular flexibility index (Phi) is 4.74. The van der Waals surface area contributed by atoms with Gasteiger partial charge in [0.2, 0.25) is 0 Å². The summed E-state index contributed by atoms with van der Waals surface area (Å²) >= 11 is 2.25. The number of halogens is 1. The zero-order valence-corrected chi connectivity index (χ0v) is 13.6. The summed E-state index contributed by atoms with van der Waals surface area (Å²) < 4.78 is 1.04. The third-order valence-electron chi connectivity index (χ3n) is 2.92. The van der Waals surface area contributed by atoms with Gasteiger partial charge in [0, 0.05) is 18.3 Å². The lowest BCUT2D eigenvalue weighted by Gasteiger charge is -2.09. The Bertz CT molecular complexity index is 550. The van der Waals surface area contributed by atoms with Gasteiger partial charge in [-0.1, -0.05) is 38.1 Å². The first-order valence-electron chi connectivity index (χ1n) is 6.48. The molecule has 0 amide bonds. The van der Waals surface area contributed by atoms with E-state index in [4.69, 9.17) is 0 Å². The zero-order valence-electron chi connectivity index (χ0n) is 11.4. The highest BCUT2D eigenvalue weighted by Crippen LogP contribution is 2.22. The normalized spacial score (nSPS) is 10.8. The highest BCUT2D eigenvalue weighted by molar-refractivity contribution is 14.1. The minimum Gasteiger partial charge on any atom is -0.369 e. The second kappa shape index (κ2) is 6.32. The van der Waals surface area contributed by atoms with Crippen molar-refractivity contribution in [1.82, 2.24) is 9.97 Å². The van der Waals surface area contributed by atoms with Gasteiger partial charge in [-0.25, -0.2) is 9.97 Å². The molecule has 0 aliphatic carbocycles. The van der Waals surface area contributed by atoms with Crippen molar-refractivity contribution in [3.63, 3.8) is 0 Å². The quantitative estimate of drug-likeness (QED) is 0.819. The third kappa shape index (κ3) is 3.43. The molecule has 3 nitrogen and oxygen atoms in total. The van der Waals surface area contributed by atoms with Crippen molar-refractivity contribution >= 4 is 28.4 Å². The maximum absolute atomic E-state index is 4.58. The fourth-order valence-corrected chi connectivity index (χ4v) is 2.27. The van der Waals surface area contributed by atoms with Gasteiger partial charge in [-0.15, -0.1) is 0 Å². The van der Waals surface area contributed by atoms with Crippen LogP contribution in [0.2, 0.25) is 0 Å². The molecule has 2 aromatic rings. The van der Waals surface area contributed by atoms with Crippen molar-refractivity contribution in [2.75, 3.05) is 11.9 Å². The van der Waals surface area contributed by atoms with Gasteiger partial charge < -0.3 is 5.32 Å². The summed E-state index contributed by atoms with van der Waals surface area (Å²) in [6.07, 6.45) is 1.86. The average molecular weight is 367 g/mol. The molecule has 0 aliphatic heterocycles. The lowest BCUT2D eigenvalue weighted by Crippen LogP contribution is -2.03. The fraction of sp³-hybridized carbons (Fsp3) is 0.333. The molecule has 0 unspecified atom stereocenters. The molecule has 0 aliphatic rings. The van der Waals surface area contributed by atoms with E-state index >= 15 is 0 Å². The molecular formula is C15H18IN3. The molecule has 0 saturated carbocycles. The maximum Gasteiger partial charge on any atom is 0.161 e. The lowest BCUT2D eigenvalue weighted by molar-refractivity contribution is 0.867. The largest absolute Gasteiger partial charge is 0.369 e. The van der Waals surface area contributed by atoms with Gasteiger partial charge in [0.05, 0.1) is 3.57 Å². The van der Waals surface area contributed by atoms with Crippen LogP contribution in [0.1, 0.15) is 32.3 Å². The van der Waals surface area contributed by atoms with Crippen LogP contribution < -0.4 is 5.32 Å². The van der Waals surface area contributed by atoms with E-state index in [-0.39, 0.29) is 0 Å². The molecule has 19 heavy (non-hydrogen) atoms. The summed E-state index contributed by atoms with van der Waals surface area (Å²) in [5.41, 5.74) is 2.39. The molecule has 0 radical (unpaired) electrons. The van der Waals surface area contributed by atoms with Crippen LogP contribution in [0, 0.1) is 3.57 Å². The molecule has 1 heterocycles. The van der Waals surface area contributed by atoms with Gasteiger partial charge in [0.1, 0.15) is 5.82 Å². The summed E-state index contributed by atoms with van der Waals surface area (Å²) in [5.74, 6) is 2.22. The molecule has 0 saturated heterocycles. The Balaban J connectivity index is 2.33. The Morgan fingerprint density at radius 1 is 1.21 bits per heavy atom. The zero-order chi connectivity index (χ0) is 13.8. The van der Waals surface area contributed by atoms with E-state index in [1.54, 1.807) is 0 Å². The van der Waals surface area contributed by atoms with Crippen molar-refractivity contribution in [2.45, 2.75) is 26.7 Å². The average Bonchev–Trinajstić information content (AvgIpc) is 2.41. The number of hydrogen-bond acceptors (Lipinski definition) is 3. The fourth-order valence-electron chi connectivity index (χ4n) is 1.81. The Morgan fingerprint density at radius 2 is 1.89 bits per heavy atom. The highest BCUT2D eigenvalue weighted by Gasteiger charge is 2.07. The third-order valence-corrected chi connectivity index (χ3v) is 3.71. The number of aromatic nitrogens is 2. The molecule has 4 heteroatoms. The number of benzene rings is 1. The first-order chi connectivity index (χ1) is 9.11. The summed E-state index contributed by atoms with van der Waals surface area (Å²) in [6.45, 7) is 7.31. The van der Waals surface area contributed by atoms with E-state index in [9.17, 15) is 0 Å². The van der Waals surface area contributed by atoms with E-state index in [2.05, 4.69) is 82.9 Å². The van der Waals surface area contributed by atoms with Crippen LogP contribution in [0.25, 0.3) is 11.4 Å². The van der Waals surface area contributed by atoms with E-state index in [0.717, 1.165) is 27.3 Å². The van der Waals surface area contributed by atoms with E-state index < -0.39 is 0 Å². The summed E-state index contributed by atoms with van der Waals surface area (Å²) in [5, 5.41) is 3.26. The summed E-state index contributed by atoms with van der Waals surface area (Å²) in [4.78, 5) is 8.98. The lowest BCUT2D eigenvalue weighted by atomic mass is 10.0. The molecule has 100 valence electrons. The molecule has 0 bridgehead atoms. The van der Waals surface area contributed by atoms with Gasteiger partial charge in [0.25, 0.3) is 0 Å². The predicted molar refractivity (Wildman–Crippen MR) is 88.4 cm³/mol. The van der Waals surface area contributed by atoms with Crippen LogP contribution in [0.3, 0.4) is 0 Å². The number of hydrogen-bond donors (Lipinski definition) is 1. The van der Waals surface area contributed by atoms with Gasteiger partial charge in [-0.05, 0) is 41.0 Å². The van der Waals surface area contributed by atoms with Crippen molar-refractivity contribution in [1.29, 1.82) is 0 Å². The Morgan fingerprint density at radius 3 is 2.47 bits per heavy atom. The Hall–Kier alpha value is -1.17. The molecule has 2 rings (SSSR count). The molecule has 1 aromatic heterocycles. The van der Waals surface area contributed by atoms with Crippen LogP contribution in [-0.4, -0.2) is 16.5 Å². The van der Waals surface area contributed by atoms with E-state index in [1.807, 2.05) is 6.20 Å². The van der Waals surface area contributed by atoms with Crippen molar-refractivity contribution < 1.29 is 0 Å². The number of nitrogens with one attached hydrogen (secondary N) is 1. The van der Waals surface area contributed by atoms with Crippen molar-refractivity contribution in [3.8, 4) is 11.4 Å². The molecule has 1 aromatic carbocycles. The number of anilines is 1. The molecule has 0 fully saturated rings. The molecular weight excluding hydrogens is 349 g/mol. The van der Waals surface area contributed by atoms with Crippen molar-refractivity contribution in [3.05, 3.63) is 39.6 Å². The second-order valence-electron chi connectivity index (χ2n) is 4.70. The second-order valence-corrected chi connectivity index (χ2v) is 5.86. The summed E-state index contributed by atoms with van der Waals surface area (Å²) in [6, 6.07) is 8.48. The van der Waals surface area contributed by atoms with Crippen LogP contribution >= 0.6 is 22.6 Å². The van der Waals surface area contributed by atoms with Gasteiger partial charge in [-0.2, -0.15) is 0 Å². The van der Waals surface area contributed by atoms with Crippen LogP contribution in [0.5, 0.6) is 0 Å². The minimum absolute atomic E-state index is 0.545. The maximum atomic E-state index is 4.58. The highest BCUT2D eigenvalue weighted by atomic mass is 127. The SMILES string of the molecule is CCNc1nc(-c2ccc(C(C)C)cc2)ncc1I. The van der Waals surface area contributed by atoms with E-state index in [1.165, 1.54) is 5.56 Å². The van der Waals surface area contributed by atoms with E-state index in [0.29, 0.717) is 5.92 Å². The summed E-state index contributed by atoms with van der Waals surface area (Å²) in [7, 11) is 0. The van der Waals surface area contributed by atoms with Crippen LogP contribution in [0.4, 0.5) is 5.82 Å². The smallest absolute Gasteiger partial charge is 0.161 e. The van der Waals surface area contributed by atoms with Crippen molar-refractivity contribution in [2.24, 2.45) is 0 Å².